The molecule has 164 valence electrons. The summed E-state index contributed by atoms with van der Waals surface area (Å²) in [6.07, 6.45) is 1.81. The second-order valence-corrected chi connectivity index (χ2v) is 8.77. The smallest absolute Gasteiger partial charge is 0.258 e. The standard InChI is InChI=1S/C26H27N3O3/c1-26(2,3)21-13-19(18-10-11-22(31-4)29-25(18)30)23-20(24(21)32-5)12-16(14-28-23)15-6-8-17(27)9-7-15/h6-14H,27H2,1-5H3,(H,29,30). The molecule has 0 amide bonds. The summed E-state index contributed by atoms with van der Waals surface area (Å²) < 4.78 is 11.0. The monoisotopic (exact) mass is 429 g/mol. The van der Waals surface area contributed by atoms with Gasteiger partial charge in [0.2, 0.25) is 0 Å². The van der Waals surface area contributed by atoms with Gasteiger partial charge in [-0.15, -0.1) is 0 Å². The minimum absolute atomic E-state index is 0.218. The Balaban J connectivity index is 2.06. The van der Waals surface area contributed by atoms with Crippen LogP contribution in [0.25, 0.3) is 33.2 Å². The number of aromatic nitrogens is 2. The van der Waals surface area contributed by atoms with E-state index in [4.69, 9.17) is 20.2 Å². The number of fused-ring (bicyclic) bond motifs is 1. The maximum Gasteiger partial charge on any atom is 0.258 e. The molecule has 2 heterocycles. The van der Waals surface area contributed by atoms with E-state index in [-0.39, 0.29) is 11.0 Å². The van der Waals surface area contributed by atoms with Gasteiger partial charge in [-0.1, -0.05) is 32.9 Å². The number of aromatic amines is 1. The fourth-order valence-electron chi connectivity index (χ4n) is 3.88. The Morgan fingerprint density at radius 3 is 2.22 bits per heavy atom. The highest BCUT2D eigenvalue weighted by atomic mass is 16.5. The maximum atomic E-state index is 12.9. The number of hydrogen-bond donors (Lipinski definition) is 2. The van der Waals surface area contributed by atoms with Gasteiger partial charge >= 0.3 is 0 Å². The Kier molecular flexibility index (Phi) is 5.38. The second-order valence-electron chi connectivity index (χ2n) is 8.77. The number of hydrogen-bond acceptors (Lipinski definition) is 5. The van der Waals surface area contributed by atoms with E-state index in [1.54, 1.807) is 19.2 Å². The van der Waals surface area contributed by atoms with Crippen LogP contribution in [0.2, 0.25) is 0 Å². The minimum atomic E-state index is -0.236. The Morgan fingerprint density at radius 2 is 1.62 bits per heavy atom. The first-order valence-electron chi connectivity index (χ1n) is 10.4. The summed E-state index contributed by atoms with van der Waals surface area (Å²) in [6.45, 7) is 6.36. The zero-order valence-corrected chi connectivity index (χ0v) is 18.9. The van der Waals surface area contributed by atoms with Gasteiger partial charge in [0.25, 0.3) is 5.56 Å². The van der Waals surface area contributed by atoms with Crippen LogP contribution in [0, 0.1) is 0 Å². The van der Waals surface area contributed by atoms with Crippen molar-refractivity contribution in [3.05, 3.63) is 70.6 Å². The first kappa shape index (κ1) is 21.4. The second kappa shape index (κ2) is 8.04. The molecule has 0 atom stereocenters. The first-order chi connectivity index (χ1) is 15.2. The van der Waals surface area contributed by atoms with Gasteiger partial charge < -0.3 is 15.2 Å². The predicted molar refractivity (Wildman–Crippen MR) is 129 cm³/mol. The Bertz CT molecular complexity index is 1350. The van der Waals surface area contributed by atoms with Crippen molar-refractivity contribution in [2.45, 2.75) is 26.2 Å². The van der Waals surface area contributed by atoms with Gasteiger partial charge in [0.15, 0.2) is 5.88 Å². The van der Waals surface area contributed by atoms with E-state index in [2.05, 4.69) is 31.8 Å². The quantitative estimate of drug-likeness (QED) is 0.438. The number of nitrogens with zero attached hydrogens (tertiary/aromatic N) is 1. The molecule has 3 N–H and O–H groups in total. The Morgan fingerprint density at radius 1 is 0.906 bits per heavy atom. The zero-order valence-electron chi connectivity index (χ0n) is 18.9. The molecule has 0 aliphatic carbocycles. The fourth-order valence-corrected chi connectivity index (χ4v) is 3.88. The molecule has 2 aromatic heterocycles. The van der Waals surface area contributed by atoms with Crippen molar-refractivity contribution in [1.82, 2.24) is 9.97 Å². The summed E-state index contributed by atoms with van der Waals surface area (Å²) in [5.74, 6) is 1.16. The van der Waals surface area contributed by atoms with Crippen molar-refractivity contribution in [3.63, 3.8) is 0 Å². The van der Waals surface area contributed by atoms with Crippen LogP contribution in [-0.2, 0) is 5.41 Å². The van der Waals surface area contributed by atoms with Crippen LogP contribution in [-0.4, -0.2) is 24.2 Å². The SMILES string of the molecule is COc1ccc(-c2cc(C(C)(C)C)c(OC)c3cc(-c4ccc(N)cc4)cnc23)c(=O)[nH]1. The molecule has 0 fully saturated rings. The van der Waals surface area contributed by atoms with Crippen molar-refractivity contribution < 1.29 is 9.47 Å². The molecule has 6 nitrogen and oxygen atoms in total. The molecule has 0 aliphatic rings. The summed E-state index contributed by atoms with van der Waals surface area (Å²) in [5, 5.41) is 0.847. The average molecular weight is 430 g/mol. The van der Waals surface area contributed by atoms with E-state index in [0.29, 0.717) is 22.6 Å². The number of nitrogen functional groups attached to an aromatic ring is 1. The number of ether oxygens (including phenoxy) is 2. The molecule has 0 radical (unpaired) electrons. The largest absolute Gasteiger partial charge is 0.496 e. The van der Waals surface area contributed by atoms with Crippen molar-refractivity contribution in [3.8, 4) is 33.9 Å². The molecule has 2 aromatic carbocycles. The Labute approximate surface area is 187 Å². The lowest BCUT2D eigenvalue weighted by Gasteiger charge is -2.25. The maximum absolute atomic E-state index is 12.9. The van der Waals surface area contributed by atoms with E-state index >= 15 is 0 Å². The van der Waals surface area contributed by atoms with Crippen LogP contribution in [0.4, 0.5) is 5.69 Å². The predicted octanol–water partition coefficient (Wildman–Crippen LogP) is 5.15. The highest BCUT2D eigenvalue weighted by Crippen LogP contribution is 2.42. The van der Waals surface area contributed by atoms with Crippen molar-refractivity contribution in [2.75, 3.05) is 20.0 Å². The van der Waals surface area contributed by atoms with Gasteiger partial charge in [0.05, 0.1) is 19.7 Å². The lowest BCUT2D eigenvalue weighted by Crippen LogP contribution is -2.15. The third kappa shape index (κ3) is 3.80. The highest BCUT2D eigenvalue weighted by molar-refractivity contribution is 6.00. The Hall–Kier alpha value is -3.80. The number of anilines is 1. The third-order valence-electron chi connectivity index (χ3n) is 5.57. The number of pyridine rings is 2. The van der Waals surface area contributed by atoms with Crippen molar-refractivity contribution in [2.24, 2.45) is 0 Å². The van der Waals surface area contributed by atoms with E-state index in [9.17, 15) is 4.79 Å². The van der Waals surface area contributed by atoms with Crippen LogP contribution in [0.1, 0.15) is 26.3 Å². The summed E-state index contributed by atoms with van der Waals surface area (Å²) >= 11 is 0. The normalized spacial score (nSPS) is 11.5. The van der Waals surface area contributed by atoms with Crippen LogP contribution in [0.15, 0.2) is 59.5 Å². The van der Waals surface area contributed by atoms with E-state index in [0.717, 1.165) is 33.4 Å². The molecule has 32 heavy (non-hydrogen) atoms. The average Bonchev–Trinajstić information content (AvgIpc) is 2.77. The zero-order chi connectivity index (χ0) is 23.0. The minimum Gasteiger partial charge on any atom is -0.496 e. The molecule has 0 unspecified atom stereocenters. The molecule has 0 spiro atoms. The van der Waals surface area contributed by atoms with Gasteiger partial charge in [-0.25, -0.2) is 0 Å². The summed E-state index contributed by atoms with van der Waals surface area (Å²) in [7, 11) is 3.19. The van der Waals surface area contributed by atoms with E-state index in [1.807, 2.05) is 36.5 Å². The van der Waals surface area contributed by atoms with Crippen molar-refractivity contribution >= 4 is 16.6 Å². The number of nitrogens with one attached hydrogen (secondary N) is 1. The fraction of sp³-hybridized carbons (Fsp3) is 0.231. The number of nitrogens with two attached hydrogens (primary N) is 1. The van der Waals surface area contributed by atoms with Crippen LogP contribution in [0.5, 0.6) is 11.6 Å². The van der Waals surface area contributed by atoms with Gasteiger partial charge in [0, 0.05) is 39.5 Å². The van der Waals surface area contributed by atoms with Crippen LogP contribution >= 0.6 is 0 Å². The molecule has 4 rings (SSSR count). The summed E-state index contributed by atoms with van der Waals surface area (Å²) in [4.78, 5) is 20.4. The first-order valence-corrected chi connectivity index (χ1v) is 10.4. The summed E-state index contributed by atoms with van der Waals surface area (Å²) in [6, 6.07) is 15.2. The molecule has 6 heteroatoms. The topological polar surface area (TPSA) is 90.2 Å². The number of methoxy groups -OCH3 is 2. The van der Waals surface area contributed by atoms with Gasteiger partial charge in [-0.2, -0.15) is 0 Å². The van der Waals surface area contributed by atoms with Gasteiger partial charge in [0.1, 0.15) is 5.75 Å². The molecule has 0 saturated carbocycles. The lowest BCUT2D eigenvalue weighted by molar-refractivity contribution is 0.397. The van der Waals surface area contributed by atoms with Gasteiger partial charge in [-0.3, -0.25) is 14.8 Å². The van der Waals surface area contributed by atoms with E-state index < -0.39 is 0 Å². The molecule has 0 saturated heterocycles. The lowest BCUT2D eigenvalue weighted by atomic mass is 9.83. The molecule has 4 aromatic rings. The summed E-state index contributed by atoms with van der Waals surface area (Å²) in [5.41, 5.74) is 11.0. The molecule has 0 bridgehead atoms. The van der Waals surface area contributed by atoms with Crippen LogP contribution in [0.3, 0.4) is 0 Å². The van der Waals surface area contributed by atoms with Gasteiger partial charge in [-0.05, 0) is 47.4 Å². The number of benzene rings is 2. The number of rotatable bonds is 4. The third-order valence-corrected chi connectivity index (χ3v) is 5.57. The molecule has 0 aliphatic heterocycles. The molecular formula is C26H27N3O3. The molecular weight excluding hydrogens is 402 g/mol. The van der Waals surface area contributed by atoms with Crippen LogP contribution < -0.4 is 20.8 Å². The van der Waals surface area contributed by atoms with Crippen molar-refractivity contribution in [1.29, 1.82) is 0 Å². The highest BCUT2D eigenvalue weighted by Gasteiger charge is 2.25. The van der Waals surface area contributed by atoms with E-state index in [1.165, 1.54) is 7.11 Å². The number of H-pyrrole nitrogens is 1.